The molecule has 0 amide bonds. The third-order valence-corrected chi connectivity index (χ3v) is 4.99. The Morgan fingerprint density at radius 2 is 1.31 bits per heavy atom. The molecule has 0 aromatic heterocycles. The van der Waals surface area contributed by atoms with Crippen LogP contribution in [0, 0.1) is 5.92 Å². The Hall–Kier alpha value is -3.00. The van der Waals surface area contributed by atoms with Crippen LogP contribution in [-0.2, 0) is 4.42 Å². The van der Waals surface area contributed by atoms with Crippen molar-refractivity contribution in [1.82, 2.24) is 0 Å². The Morgan fingerprint density at radius 1 is 0.769 bits per heavy atom. The molecule has 0 spiro atoms. The van der Waals surface area contributed by atoms with Crippen molar-refractivity contribution in [2.45, 2.75) is 18.4 Å². The fourth-order valence-electron chi connectivity index (χ4n) is 3.70. The second-order valence-corrected chi connectivity index (χ2v) is 6.57. The summed E-state index contributed by atoms with van der Waals surface area (Å²) in [6.07, 6.45) is 3.34. The van der Waals surface area contributed by atoms with Gasteiger partial charge in [-0.25, -0.2) is 0 Å². The van der Waals surface area contributed by atoms with Crippen molar-refractivity contribution < 1.29 is 9.22 Å². The number of carbonyl (C=O) groups is 1. The van der Waals surface area contributed by atoms with Crippen LogP contribution in [0.5, 0.6) is 0 Å². The molecule has 3 atom stereocenters. The molecule has 1 aliphatic rings. The van der Waals surface area contributed by atoms with Gasteiger partial charge in [0.15, 0.2) is 5.78 Å². The van der Waals surface area contributed by atoms with Crippen molar-refractivity contribution in [1.29, 1.82) is 0 Å². The summed E-state index contributed by atoms with van der Waals surface area (Å²) in [6, 6.07) is 29.7. The van der Waals surface area contributed by atoms with Crippen LogP contribution in [0.3, 0.4) is 0 Å². The summed E-state index contributed by atoms with van der Waals surface area (Å²) >= 11 is 0. The molecule has 0 bridgehead atoms. The molecule has 128 valence electrons. The minimum Gasteiger partial charge on any atom is -0.449 e. The molecule has 3 aromatic rings. The van der Waals surface area contributed by atoms with Crippen molar-refractivity contribution in [2.24, 2.45) is 5.92 Å². The molecule has 0 N–H and O–H groups in total. The molecule has 2 heteroatoms. The average Bonchev–Trinajstić information content (AvgIpc) is 2.74. The van der Waals surface area contributed by atoms with Gasteiger partial charge in [-0.05, 0) is 29.9 Å². The van der Waals surface area contributed by atoms with Crippen molar-refractivity contribution in [3.8, 4) is 0 Å². The Morgan fingerprint density at radius 3 is 1.92 bits per heavy atom. The lowest BCUT2D eigenvalue weighted by molar-refractivity contribution is -0.0422. The number of Topliss-reactive ketones (excluding diaryl/α,β-unsaturated/α-hetero) is 1. The number of hydrogen-bond donors (Lipinski definition) is 0. The van der Waals surface area contributed by atoms with Crippen LogP contribution in [0.25, 0.3) is 0 Å². The minimum atomic E-state index is -0.331. The standard InChI is InChI=1S/C24H20O2/c25-23(19-12-6-2-7-13-19)22-21(18-10-4-1-5-11-18)16-17-26-24(22)20-14-8-3-9-15-20/h1-15,21-22,24H,16H2/t21-,22+,24+/m1/s1. The van der Waals surface area contributed by atoms with Gasteiger partial charge < -0.3 is 4.42 Å². The van der Waals surface area contributed by atoms with E-state index >= 15 is 0 Å². The highest BCUT2D eigenvalue weighted by Crippen LogP contribution is 2.41. The van der Waals surface area contributed by atoms with Crippen LogP contribution in [-0.4, -0.2) is 12.1 Å². The zero-order chi connectivity index (χ0) is 17.8. The summed E-state index contributed by atoms with van der Waals surface area (Å²) in [6.45, 7) is 0. The Labute approximate surface area is 153 Å². The third-order valence-electron chi connectivity index (χ3n) is 4.99. The van der Waals surface area contributed by atoms with Crippen molar-refractivity contribution >= 4 is 12.1 Å². The first-order chi connectivity index (χ1) is 12.8. The highest BCUT2D eigenvalue weighted by atomic mass is 16.4. The fourth-order valence-corrected chi connectivity index (χ4v) is 3.70. The van der Waals surface area contributed by atoms with Gasteiger partial charge in [-0.1, -0.05) is 85.3 Å². The van der Waals surface area contributed by atoms with Gasteiger partial charge in [0.25, 0.3) is 6.10 Å². The van der Waals surface area contributed by atoms with E-state index in [9.17, 15) is 4.79 Å². The van der Waals surface area contributed by atoms with Crippen LogP contribution in [0.2, 0.25) is 0 Å². The van der Waals surface area contributed by atoms with E-state index in [-0.39, 0.29) is 23.7 Å². The zero-order valence-electron chi connectivity index (χ0n) is 14.4. The molecule has 0 saturated carbocycles. The lowest BCUT2D eigenvalue weighted by Crippen LogP contribution is -2.32. The molecule has 0 radical (unpaired) electrons. The first-order valence-electron chi connectivity index (χ1n) is 8.92. The van der Waals surface area contributed by atoms with E-state index in [2.05, 4.69) is 18.4 Å². The number of ketones is 1. The average molecular weight is 340 g/mol. The van der Waals surface area contributed by atoms with Gasteiger partial charge in [0, 0.05) is 11.1 Å². The summed E-state index contributed by atoms with van der Waals surface area (Å²) in [5.74, 6) is -0.124. The van der Waals surface area contributed by atoms with Gasteiger partial charge in [-0.3, -0.25) is 4.79 Å². The van der Waals surface area contributed by atoms with Crippen LogP contribution in [0.15, 0.2) is 91.0 Å². The third kappa shape index (κ3) is 3.23. The normalized spacial score (nSPS) is 22.1. The van der Waals surface area contributed by atoms with Crippen LogP contribution in [0.1, 0.15) is 39.9 Å². The second-order valence-electron chi connectivity index (χ2n) is 6.57. The van der Waals surface area contributed by atoms with E-state index in [1.54, 1.807) is 0 Å². The summed E-state index contributed by atoms with van der Waals surface area (Å²) in [5, 5.41) is 0. The monoisotopic (exact) mass is 340 g/mol. The quantitative estimate of drug-likeness (QED) is 0.371. The number of carbonyl (C=O) groups excluding carboxylic acids is 2. The summed E-state index contributed by atoms with van der Waals surface area (Å²) in [4.78, 5) is 13.5. The van der Waals surface area contributed by atoms with Gasteiger partial charge in [-0.2, -0.15) is 0 Å². The molecule has 26 heavy (non-hydrogen) atoms. The predicted molar refractivity (Wildman–Crippen MR) is 103 cm³/mol. The van der Waals surface area contributed by atoms with Gasteiger partial charge in [0.2, 0.25) is 0 Å². The molecule has 1 aliphatic heterocycles. The highest BCUT2D eigenvalue weighted by Gasteiger charge is 2.42. The maximum atomic E-state index is 13.5. The minimum absolute atomic E-state index is 0.0443. The van der Waals surface area contributed by atoms with Crippen molar-refractivity contribution in [3.63, 3.8) is 0 Å². The van der Waals surface area contributed by atoms with E-state index in [1.807, 2.05) is 78.9 Å². The molecule has 2 nitrogen and oxygen atoms in total. The largest absolute Gasteiger partial charge is 0.449 e. The number of hydrogen-bond acceptors (Lipinski definition) is 1. The van der Waals surface area contributed by atoms with E-state index in [0.717, 1.165) is 16.7 Å². The fraction of sp³-hybridized carbons (Fsp3) is 0.167. The SMILES string of the molecule is O=C(c1ccccc1)[C@@H]1[C@@H](c2ccccc2)C[C-]=[O+][C@H]1c1ccccc1. The Kier molecular flexibility index (Phi) is 4.74. The number of benzene rings is 3. The molecule has 0 unspecified atom stereocenters. The van der Waals surface area contributed by atoms with E-state index < -0.39 is 0 Å². The Bertz CT molecular complexity index is 885. The molecular formula is C24H20O2. The van der Waals surface area contributed by atoms with E-state index in [0.29, 0.717) is 6.42 Å². The van der Waals surface area contributed by atoms with Crippen molar-refractivity contribution in [2.75, 3.05) is 0 Å². The van der Waals surface area contributed by atoms with Crippen molar-refractivity contribution in [3.05, 3.63) is 108 Å². The second kappa shape index (κ2) is 7.49. The summed E-state index contributed by atoms with van der Waals surface area (Å²) in [5.41, 5.74) is 2.89. The van der Waals surface area contributed by atoms with Crippen LogP contribution in [0.4, 0.5) is 0 Å². The van der Waals surface area contributed by atoms with E-state index in [1.165, 1.54) is 0 Å². The molecule has 1 heterocycles. The molecule has 0 fully saturated rings. The summed E-state index contributed by atoms with van der Waals surface area (Å²) in [7, 11) is 0. The molecule has 0 saturated heterocycles. The van der Waals surface area contributed by atoms with Crippen LogP contribution >= 0.6 is 0 Å². The van der Waals surface area contributed by atoms with Gasteiger partial charge in [-0.15, -0.1) is 0 Å². The predicted octanol–water partition coefficient (Wildman–Crippen LogP) is 5.06. The maximum absolute atomic E-state index is 13.5. The highest BCUT2D eigenvalue weighted by molar-refractivity contribution is 5.99. The molecule has 0 aliphatic carbocycles. The topological polar surface area (TPSA) is 28.4 Å². The van der Waals surface area contributed by atoms with Gasteiger partial charge in [0.05, 0.1) is 0 Å². The van der Waals surface area contributed by atoms with Gasteiger partial charge in [0.1, 0.15) is 5.92 Å². The number of rotatable bonds is 4. The van der Waals surface area contributed by atoms with Crippen LogP contribution < -0.4 is 0 Å². The summed E-state index contributed by atoms with van der Waals surface area (Å²) < 4.78 is 5.90. The Balaban J connectivity index is 1.80. The smallest absolute Gasteiger partial charge is 0.263 e. The molecular weight excluding hydrogens is 320 g/mol. The lowest BCUT2D eigenvalue weighted by Gasteiger charge is -2.32. The lowest BCUT2D eigenvalue weighted by atomic mass is 9.74. The molecule has 4 rings (SSSR count). The zero-order valence-corrected chi connectivity index (χ0v) is 14.4. The first-order valence-corrected chi connectivity index (χ1v) is 8.92. The molecule has 3 aromatic carbocycles. The maximum Gasteiger partial charge on any atom is 0.263 e. The van der Waals surface area contributed by atoms with Gasteiger partial charge >= 0.3 is 0 Å². The van der Waals surface area contributed by atoms with E-state index in [4.69, 9.17) is 4.42 Å². The first kappa shape index (κ1) is 16.5.